The van der Waals surface area contributed by atoms with Crippen LogP contribution in [0.5, 0.6) is 0 Å². The molecule has 0 aliphatic carbocycles. The zero-order valence-corrected chi connectivity index (χ0v) is 27.7. The Morgan fingerprint density at radius 1 is 0.400 bits per heavy atom. The van der Waals surface area contributed by atoms with Crippen molar-refractivity contribution < 1.29 is 22.1 Å². The monoisotopic (exact) mass is 512 g/mol. The summed E-state index contributed by atoms with van der Waals surface area (Å²) in [7, 11) is -8.90. The van der Waals surface area contributed by atoms with Crippen LogP contribution in [-0.2, 0) is 22.1 Å². The predicted molar refractivity (Wildman–Crippen MR) is 143 cm³/mol. The van der Waals surface area contributed by atoms with Crippen molar-refractivity contribution in [1.29, 1.82) is 0 Å². The van der Waals surface area contributed by atoms with E-state index in [0.29, 0.717) is 13.2 Å². The van der Waals surface area contributed by atoms with Gasteiger partial charge < -0.3 is 22.1 Å². The minimum atomic E-state index is -1.86. The SMILES string of the molecule is C[Si](C)(C)OCC(O[Si](C)(C)C)C(O[Si](C)(C)C)C(CO[Si](C)(C)C)O[Si](C)(C)C. The van der Waals surface area contributed by atoms with E-state index in [1.807, 2.05) is 0 Å². The smallest absolute Gasteiger partial charge is 0.184 e. The lowest BCUT2D eigenvalue weighted by atomic mass is 10.1. The molecule has 0 spiro atoms. The van der Waals surface area contributed by atoms with E-state index in [1.165, 1.54) is 0 Å². The molecule has 2 atom stereocenters. The van der Waals surface area contributed by atoms with Crippen LogP contribution in [0.3, 0.4) is 0 Å². The third-order valence-corrected chi connectivity index (χ3v) is 8.66. The summed E-state index contributed by atoms with van der Waals surface area (Å²) in [6, 6.07) is 0. The van der Waals surface area contributed by atoms with Crippen molar-refractivity contribution in [2.45, 2.75) is 117 Å². The molecule has 5 nitrogen and oxygen atoms in total. The highest BCUT2D eigenvalue weighted by Crippen LogP contribution is 2.25. The first-order valence-electron chi connectivity index (χ1n) is 11.3. The lowest BCUT2D eigenvalue weighted by Gasteiger charge is -2.42. The average Bonchev–Trinajstić information content (AvgIpc) is 2.40. The molecule has 0 N–H and O–H groups in total. The summed E-state index contributed by atoms with van der Waals surface area (Å²) < 4.78 is 32.9. The van der Waals surface area contributed by atoms with Crippen molar-refractivity contribution in [2.24, 2.45) is 0 Å². The molecule has 0 heterocycles. The molecule has 0 aromatic carbocycles. The predicted octanol–water partition coefficient (Wildman–Crippen LogP) is 6.35. The molecule has 0 rings (SSSR count). The third-order valence-electron chi connectivity index (χ3n) is 3.59. The molecule has 182 valence electrons. The molecule has 0 saturated carbocycles. The normalized spacial score (nSPS) is 17.7. The van der Waals surface area contributed by atoms with Crippen molar-refractivity contribution in [3.63, 3.8) is 0 Å². The van der Waals surface area contributed by atoms with Crippen LogP contribution in [-0.4, -0.2) is 73.1 Å². The van der Waals surface area contributed by atoms with Crippen molar-refractivity contribution in [3.8, 4) is 0 Å². The van der Waals surface area contributed by atoms with Crippen molar-refractivity contribution >= 4 is 41.6 Å². The summed E-state index contributed by atoms with van der Waals surface area (Å²) in [4.78, 5) is 0. The van der Waals surface area contributed by atoms with E-state index in [4.69, 9.17) is 22.1 Å². The molecular weight excluding hydrogens is 461 g/mol. The highest BCUT2D eigenvalue weighted by Gasteiger charge is 2.41. The van der Waals surface area contributed by atoms with E-state index < -0.39 is 41.6 Å². The lowest BCUT2D eigenvalue weighted by molar-refractivity contribution is -0.0630. The zero-order valence-electron chi connectivity index (χ0n) is 22.7. The van der Waals surface area contributed by atoms with Crippen LogP contribution in [0.4, 0.5) is 0 Å². The second-order valence-electron chi connectivity index (χ2n) is 13.1. The van der Waals surface area contributed by atoms with Gasteiger partial charge in [0.1, 0.15) is 0 Å². The molecule has 0 radical (unpaired) electrons. The minimum Gasteiger partial charge on any atom is -0.415 e. The number of rotatable bonds is 14. The van der Waals surface area contributed by atoms with Crippen LogP contribution in [0.1, 0.15) is 0 Å². The van der Waals surface area contributed by atoms with Crippen LogP contribution >= 0.6 is 0 Å². The van der Waals surface area contributed by atoms with Crippen LogP contribution in [0.15, 0.2) is 0 Å². The molecule has 30 heavy (non-hydrogen) atoms. The summed E-state index contributed by atoms with van der Waals surface area (Å²) in [5.41, 5.74) is 0. The summed E-state index contributed by atoms with van der Waals surface area (Å²) >= 11 is 0. The molecule has 2 unspecified atom stereocenters. The second kappa shape index (κ2) is 11.3. The summed E-state index contributed by atoms with van der Waals surface area (Å²) in [5.74, 6) is 0. The van der Waals surface area contributed by atoms with E-state index in [1.54, 1.807) is 0 Å². The molecule has 0 aromatic heterocycles. The quantitative estimate of drug-likeness (QED) is 0.254. The number of hydrogen-bond donors (Lipinski definition) is 0. The summed E-state index contributed by atoms with van der Waals surface area (Å²) in [6.07, 6.45) is -0.494. The van der Waals surface area contributed by atoms with Gasteiger partial charge in [0.25, 0.3) is 0 Å². The van der Waals surface area contributed by atoms with Crippen LogP contribution in [0, 0.1) is 0 Å². The maximum Gasteiger partial charge on any atom is 0.184 e. The molecule has 0 aromatic rings. The van der Waals surface area contributed by atoms with Gasteiger partial charge in [-0.15, -0.1) is 0 Å². The Morgan fingerprint density at radius 2 is 0.667 bits per heavy atom. The Morgan fingerprint density at radius 3 is 0.867 bits per heavy atom. The highest BCUT2D eigenvalue weighted by atomic mass is 28.4. The fourth-order valence-electron chi connectivity index (χ4n) is 2.76. The van der Waals surface area contributed by atoms with Gasteiger partial charge >= 0.3 is 0 Å². The molecule has 10 heteroatoms. The standard InChI is InChI=1S/C20H52O5Si5/c1-26(2,3)21-16-18(23-28(7,8)9)20(25-30(13,14)15)19(24-29(10,11)12)17-22-27(4,5)6/h18-20H,16-17H2,1-15H3. The first-order valence-corrected chi connectivity index (χ1v) is 28.3. The highest BCUT2D eigenvalue weighted by molar-refractivity contribution is 6.71. The van der Waals surface area contributed by atoms with Gasteiger partial charge in [0.2, 0.25) is 0 Å². The summed E-state index contributed by atoms with van der Waals surface area (Å²) in [5, 5.41) is 0. The van der Waals surface area contributed by atoms with E-state index in [-0.39, 0.29) is 18.3 Å². The van der Waals surface area contributed by atoms with E-state index in [2.05, 4.69) is 98.2 Å². The Labute approximate surface area is 193 Å². The Balaban J connectivity index is 6.08. The summed E-state index contributed by atoms with van der Waals surface area (Å²) in [6.45, 7) is 34.5. The third kappa shape index (κ3) is 17.4. The molecule has 0 aliphatic rings. The van der Waals surface area contributed by atoms with Gasteiger partial charge in [-0.05, 0) is 98.2 Å². The van der Waals surface area contributed by atoms with Gasteiger partial charge in [0.05, 0.1) is 31.5 Å². The molecule has 0 fully saturated rings. The van der Waals surface area contributed by atoms with E-state index >= 15 is 0 Å². The van der Waals surface area contributed by atoms with Crippen molar-refractivity contribution in [2.75, 3.05) is 13.2 Å². The zero-order chi connectivity index (χ0) is 24.2. The maximum atomic E-state index is 6.79. The van der Waals surface area contributed by atoms with Crippen molar-refractivity contribution in [1.82, 2.24) is 0 Å². The second-order valence-corrected chi connectivity index (χ2v) is 35.5. The van der Waals surface area contributed by atoms with Gasteiger partial charge in [-0.2, -0.15) is 0 Å². The first-order chi connectivity index (χ1) is 13.0. The fraction of sp³-hybridized carbons (Fsp3) is 1.00. The molecule has 0 bridgehead atoms. The van der Waals surface area contributed by atoms with Crippen LogP contribution in [0.25, 0.3) is 0 Å². The van der Waals surface area contributed by atoms with E-state index in [0.717, 1.165) is 0 Å². The van der Waals surface area contributed by atoms with Gasteiger partial charge in [-0.1, -0.05) is 0 Å². The van der Waals surface area contributed by atoms with Gasteiger partial charge in [0.15, 0.2) is 41.6 Å². The van der Waals surface area contributed by atoms with Gasteiger partial charge in [0, 0.05) is 0 Å². The Hall–Kier alpha value is 0.884. The van der Waals surface area contributed by atoms with Gasteiger partial charge in [-0.25, -0.2) is 0 Å². The fourth-order valence-corrected chi connectivity index (χ4v) is 7.43. The van der Waals surface area contributed by atoms with Crippen LogP contribution < -0.4 is 0 Å². The van der Waals surface area contributed by atoms with Crippen molar-refractivity contribution in [3.05, 3.63) is 0 Å². The molecule has 0 aliphatic heterocycles. The molecule has 0 amide bonds. The van der Waals surface area contributed by atoms with Crippen LogP contribution in [0.2, 0.25) is 98.2 Å². The van der Waals surface area contributed by atoms with E-state index in [9.17, 15) is 0 Å². The lowest BCUT2D eigenvalue weighted by Crippen LogP contribution is -2.56. The maximum absolute atomic E-state index is 6.79. The average molecular weight is 513 g/mol. The Bertz CT molecular complexity index is 460. The number of hydrogen-bond acceptors (Lipinski definition) is 5. The van der Waals surface area contributed by atoms with Gasteiger partial charge in [-0.3, -0.25) is 0 Å². The molecule has 0 saturated heterocycles. The topological polar surface area (TPSA) is 46.2 Å². The largest absolute Gasteiger partial charge is 0.415 e. The molecular formula is C20H52O5Si5. The first kappa shape index (κ1) is 30.9. The minimum absolute atomic E-state index is 0.151. The Kier molecular flexibility index (Phi) is 11.7.